The molecule has 0 radical (unpaired) electrons. The van der Waals surface area contributed by atoms with Crippen molar-refractivity contribution in [1.82, 2.24) is 4.98 Å². The number of thiazole rings is 1. The molecule has 19 heavy (non-hydrogen) atoms. The number of nitrogens with zero attached hydrogens (tertiary/aromatic N) is 1. The molecule has 0 aromatic carbocycles. The van der Waals surface area contributed by atoms with Crippen molar-refractivity contribution in [2.75, 3.05) is 11.9 Å². The number of rotatable bonds is 5. The van der Waals surface area contributed by atoms with E-state index < -0.39 is 0 Å². The fourth-order valence-electron chi connectivity index (χ4n) is 1.55. The number of carbonyl (C=O) groups is 1. The highest BCUT2D eigenvalue weighted by Crippen LogP contribution is 2.23. The van der Waals surface area contributed by atoms with Crippen molar-refractivity contribution in [2.24, 2.45) is 0 Å². The normalized spacial score (nSPS) is 10.5. The van der Waals surface area contributed by atoms with Gasteiger partial charge in [-0.1, -0.05) is 0 Å². The van der Waals surface area contributed by atoms with Gasteiger partial charge in [-0.15, -0.1) is 22.7 Å². The lowest BCUT2D eigenvalue weighted by atomic mass is 10.3. The van der Waals surface area contributed by atoms with Gasteiger partial charge in [-0.3, -0.25) is 0 Å². The monoisotopic (exact) mass is 296 g/mol. The van der Waals surface area contributed by atoms with E-state index in [1.807, 2.05) is 0 Å². The number of ether oxygens (including phenoxy) is 1. The minimum atomic E-state index is -0.366. The Kier molecular flexibility index (Phi) is 4.55. The summed E-state index contributed by atoms with van der Waals surface area (Å²) in [6.07, 6.45) is 0. The molecule has 2 aromatic rings. The maximum absolute atomic E-state index is 11.5. The molecule has 2 rings (SSSR count). The molecule has 0 fully saturated rings. The first-order valence-electron chi connectivity index (χ1n) is 6.02. The van der Waals surface area contributed by atoms with E-state index in [-0.39, 0.29) is 5.97 Å². The Balaban J connectivity index is 1.95. The lowest BCUT2D eigenvalue weighted by Gasteiger charge is -1.99. The number of anilines is 1. The molecule has 0 spiro atoms. The molecule has 0 saturated carbocycles. The van der Waals surface area contributed by atoms with Gasteiger partial charge in [0.2, 0.25) is 0 Å². The zero-order valence-electron chi connectivity index (χ0n) is 11.1. The van der Waals surface area contributed by atoms with Crippen LogP contribution < -0.4 is 5.32 Å². The molecular formula is C13H16N2O2S2. The van der Waals surface area contributed by atoms with Crippen LogP contribution in [0.25, 0.3) is 0 Å². The molecular weight excluding hydrogens is 280 g/mol. The van der Waals surface area contributed by atoms with Gasteiger partial charge in [0.25, 0.3) is 0 Å². The SMILES string of the molecule is CCOC(=O)c1csc(NCc2cc(C)c(C)s2)n1. The molecule has 102 valence electrons. The van der Waals surface area contributed by atoms with Gasteiger partial charge in [0.1, 0.15) is 0 Å². The Labute approximate surface area is 120 Å². The summed E-state index contributed by atoms with van der Waals surface area (Å²) in [6, 6.07) is 2.17. The van der Waals surface area contributed by atoms with Crippen LogP contribution in [0, 0.1) is 13.8 Å². The molecule has 4 nitrogen and oxygen atoms in total. The number of hydrogen-bond donors (Lipinski definition) is 1. The average Bonchev–Trinajstić information content (AvgIpc) is 2.95. The molecule has 1 N–H and O–H groups in total. The highest BCUT2D eigenvalue weighted by molar-refractivity contribution is 7.14. The average molecular weight is 296 g/mol. The summed E-state index contributed by atoms with van der Waals surface area (Å²) in [5.74, 6) is -0.366. The van der Waals surface area contributed by atoms with Crippen LogP contribution in [0.2, 0.25) is 0 Å². The van der Waals surface area contributed by atoms with Gasteiger partial charge in [-0.05, 0) is 32.4 Å². The van der Waals surface area contributed by atoms with Crippen LogP contribution in [0.5, 0.6) is 0 Å². The maximum Gasteiger partial charge on any atom is 0.357 e. The summed E-state index contributed by atoms with van der Waals surface area (Å²) in [5, 5.41) is 5.68. The van der Waals surface area contributed by atoms with E-state index in [4.69, 9.17) is 4.74 Å². The molecule has 0 aliphatic rings. The van der Waals surface area contributed by atoms with Crippen LogP contribution in [0.3, 0.4) is 0 Å². The Morgan fingerprint density at radius 3 is 2.89 bits per heavy atom. The van der Waals surface area contributed by atoms with Crippen molar-refractivity contribution < 1.29 is 9.53 Å². The van der Waals surface area contributed by atoms with Gasteiger partial charge >= 0.3 is 5.97 Å². The molecule has 2 heterocycles. The third kappa shape index (κ3) is 3.54. The smallest absolute Gasteiger partial charge is 0.357 e. The van der Waals surface area contributed by atoms with Gasteiger partial charge in [-0.2, -0.15) is 0 Å². The fourth-order valence-corrected chi connectivity index (χ4v) is 3.23. The summed E-state index contributed by atoms with van der Waals surface area (Å²) < 4.78 is 4.90. The van der Waals surface area contributed by atoms with E-state index in [1.165, 1.54) is 26.7 Å². The van der Waals surface area contributed by atoms with E-state index in [2.05, 4.69) is 30.2 Å². The van der Waals surface area contributed by atoms with Gasteiger partial charge in [0, 0.05) is 15.1 Å². The topological polar surface area (TPSA) is 51.2 Å². The molecule has 6 heteroatoms. The summed E-state index contributed by atoms with van der Waals surface area (Å²) >= 11 is 3.19. The molecule has 2 aromatic heterocycles. The van der Waals surface area contributed by atoms with E-state index in [0.29, 0.717) is 12.3 Å². The number of esters is 1. The standard InChI is InChI=1S/C13H16N2O2S2/c1-4-17-12(16)11-7-18-13(15-11)14-6-10-5-8(2)9(3)19-10/h5,7H,4,6H2,1-3H3,(H,14,15). The quantitative estimate of drug-likeness (QED) is 0.856. The first-order valence-corrected chi connectivity index (χ1v) is 7.72. The summed E-state index contributed by atoms with van der Waals surface area (Å²) in [7, 11) is 0. The zero-order valence-corrected chi connectivity index (χ0v) is 12.8. The van der Waals surface area contributed by atoms with Crippen molar-refractivity contribution >= 4 is 33.8 Å². The van der Waals surface area contributed by atoms with E-state index >= 15 is 0 Å². The molecule has 0 atom stereocenters. The van der Waals surface area contributed by atoms with Crippen LogP contribution in [0.4, 0.5) is 5.13 Å². The van der Waals surface area contributed by atoms with E-state index in [0.717, 1.165) is 11.7 Å². The van der Waals surface area contributed by atoms with Crippen LogP contribution in [0.15, 0.2) is 11.4 Å². The third-order valence-corrected chi connectivity index (χ3v) is 4.57. The largest absolute Gasteiger partial charge is 0.461 e. The molecule has 0 aliphatic heterocycles. The Morgan fingerprint density at radius 2 is 2.26 bits per heavy atom. The zero-order chi connectivity index (χ0) is 13.8. The molecule has 0 unspecified atom stereocenters. The van der Waals surface area contributed by atoms with Crippen molar-refractivity contribution in [1.29, 1.82) is 0 Å². The van der Waals surface area contributed by atoms with Crippen LogP contribution >= 0.6 is 22.7 Å². The molecule has 0 saturated heterocycles. The van der Waals surface area contributed by atoms with Crippen molar-refractivity contribution in [3.63, 3.8) is 0 Å². The number of aryl methyl sites for hydroxylation is 2. The predicted molar refractivity (Wildman–Crippen MR) is 79.2 cm³/mol. The Bertz CT molecular complexity index is 555. The van der Waals surface area contributed by atoms with Crippen LogP contribution in [0.1, 0.15) is 32.7 Å². The minimum absolute atomic E-state index is 0.366. The van der Waals surface area contributed by atoms with Gasteiger partial charge in [0.05, 0.1) is 13.2 Å². The minimum Gasteiger partial charge on any atom is -0.461 e. The Hall–Kier alpha value is -1.40. The number of thiophene rings is 1. The number of carbonyl (C=O) groups excluding carboxylic acids is 1. The highest BCUT2D eigenvalue weighted by Gasteiger charge is 2.11. The molecule has 0 amide bonds. The maximum atomic E-state index is 11.5. The summed E-state index contributed by atoms with van der Waals surface area (Å²) in [4.78, 5) is 18.3. The number of nitrogens with one attached hydrogen (secondary N) is 1. The van der Waals surface area contributed by atoms with Gasteiger partial charge < -0.3 is 10.1 Å². The van der Waals surface area contributed by atoms with Crippen LogP contribution in [-0.4, -0.2) is 17.6 Å². The van der Waals surface area contributed by atoms with Crippen LogP contribution in [-0.2, 0) is 11.3 Å². The second kappa shape index (κ2) is 6.16. The van der Waals surface area contributed by atoms with Crippen molar-refractivity contribution in [3.8, 4) is 0 Å². The molecule has 0 aliphatic carbocycles. The lowest BCUT2D eigenvalue weighted by Crippen LogP contribution is -2.05. The van der Waals surface area contributed by atoms with Gasteiger partial charge in [-0.25, -0.2) is 9.78 Å². The van der Waals surface area contributed by atoms with E-state index in [9.17, 15) is 4.79 Å². The highest BCUT2D eigenvalue weighted by atomic mass is 32.1. The molecule has 0 bridgehead atoms. The first-order chi connectivity index (χ1) is 9.10. The number of hydrogen-bond acceptors (Lipinski definition) is 6. The second-order valence-electron chi connectivity index (χ2n) is 4.06. The predicted octanol–water partition coefficient (Wildman–Crippen LogP) is 3.61. The second-order valence-corrected chi connectivity index (χ2v) is 6.26. The third-order valence-electron chi connectivity index (χ3n) is 2.62. The summed E-state index contributed by atoms with van der Waals surface area (Å²) in [5.41, 5.74) is 1.68. The van der Waals surface area contributed by atoms with Gasteiger partial charge in [0.15, 0.2) is 10.8 Å². The fraction of sp³-hybridized carbons (Fsp3) is 0.385. The van der Waals surface area contributed by atoms with E-state index in [1.54, 1.807) is 23.6 Å². The number of aromatic nitrogens is 1. The Morgan fingerprint density at radius 1 is 1.47 bits per heavy atom. The van der Waals surface area contributed by atoms with Crippen molar-refractivity contribution in [2.45, 2.75) is 27.3 Å². The summed E-state index contributed by atoms with van der Waals surface area (Å²) in [6.45, 7) is 7.11. The lowest BCUT2D eigenvalue weighted by molar-refractivity contribution is 0.0520. The first kappa shape index (κ1) is 14.0. The van der Waals surface area contributed by atoms with Crippen molar-refractivity contribution in [3.05, 3.63) is 32.5 Å².